The highest BCUT2D eigenvalue weighted by Gasteiger charge is 2.27. The van der Waals surface area contributed by atoms with E-state index in [0.717, 1.165) is 52.0 Å². The number of rotatable bonds is 4. The van der Waals surface area contributed by atoms with Gasteiger partial charge in [0.1, 0.15) is 0 Å². The molecule has 1 saturated heterocycles. The lowest BCUT2D eigenvalue weighted by atomic mass is 10.1. The number of aryl methyl sites for hydroxylation is 1. The van der Waals surface area contributed by atoms with E-state index in [0.29, 0.717) is 5.92 Å². The fourth-order valence-electron chi connectivity index (χ4n) is 3.13. The first-order valence-electron chi connectivity index (χ1n) is 7.88. The van der Waals surface area contributed by atoms with E-state index in [4.69, 9.17) is 11.6 Å². The highest BCUT2D eigenvalue weighted by atomic mass is 35.5. The first kappa shape index (κ1) is 16.5. The van der Waals surface area contributed by atoms with Crippen molar-refractivity contribution >= 4 is 28.8 Å². The van der Waals surface area contributed by atoms with Gasteiger partial charge in [0.15, 0.2) is 0 Å². The fraction of sp³-hybridized carbons (Fsp3) is 0.389. The van der Waals surface area contributed by atoms with Crippen LogP contribution in [0.5, 0.6) is 0 Å². The van der Waals surface area contributed by atoms with E-state index in [1.165, 1.54) is 0 Å². The van der Waals surface area contributed by atoms with Gasteiger partial charge in [-0.3, -0.25) is 4.79 Å². The number of likely N-dealkylation sites (tertiary alicyclic amines) is 1. The third-order valence-electron chi connectivity index (χ3n) is 4.28. The van der Waals surface area contributed by atoms with Crippen LogP contribution in [0.2, 0.25) is 5.02 Å². The molecule has 0 bridgehead atoms. The second-order valence-corrected chi connectivity index (χ2v) is 7.59. The normalized spacial score (nSPS) is 17.7. The summed E-state index contributed by atoms with van der Waals surface area (Å²) >= 11 is 7.65. The van der Waals surface area contributed by atoms with E-state index in [9.17, 15) is 4.79 Å². The van der Waals surface area contributed by atoms with Gasteiger partial charge in [0.2, 0.25) is 0 Å². The number of halogens is 1. The monoisotopic (exact) mass is 348 g/mol. The van der Waals surface area contributed by atoms with Crippen LogP contribution in [0.1, 0.15) is 21.7 Å². The Labute approximate surface area is 146 Å². The van der Waals surface area contributed by atoms with Gasteiger partial charge in [-0.1, -0.05) is 23.7 Å². The van der Waals surface area contributed by atoms with Crippen LogP contribution in [-0.2, 0) is 0 Å². The van der Waals surface area contributed by atoms with Crippen LogP contribution >= 0.6 is 22.9 Å². The van der Waals surface area contributed by atoms with Gasteiger partial charge in [-0.05, 0) is 62.2 Å². The summed E-state index contributed by atoms with van der Waals surface area (Å²) in [4.78, 5) is 16.7. The van der Waals surface area contributed by atoms with E-state index >= 15 is 0 Å². The molecule has 122 valence electrons. The molecule has 1 N–H and O–H groups in total. The summed E-state index contributed by atoms with van der Waals surface area (Å²) in [5, 5.41) is 3.92. The third-order valence-corrected chi connectivity index (χ3v) is 5.79. The molecule has 0 saturated carbocycles. The predicted molar refractivity (Wildman–Crippen MR) is 97.4 cm³/mol. The first-order chi connectivity index (χ1) is 11.1. The number of benzene rings is 1. The lowest BCUT2D eigenvalue weighted by molar-refractivity contribution is 0.0792. The Morgan fingerprint density at radius 2 is 2.26 bits per heavy atom. The van der Waals surface area contributed by atoms with Crippen LogP contribution in [0.25, 0.3) is 10.4 Å². The van der Waals surface area contributed by atoms with Crippen LogP contribution in [0, 0.1) is 12.8 Å². The number of carbonyl (C=O) groups is 1. The summed E-state index contributed by atoms with van der Waals surface area (Å²) in [6.45, 7) is 4.73. The Kier molecular flexibility index (Phi) is 5.05. The smallest absolute Gasteiger partial charge is 0.263 e. The Balaban J connectivity index is 1.79. The number of nitrogens with zero attached hydrogens (tertiary/aromatic N) is 1. The van der Waals surface area contributed by atoms with Crippen LogP contribution in [0.4, 0.5) is 0 Å². The van der Waals surface area contributed by atoms with Gasteiger partial charge in [-0.2, -0.15) is 0 Å². The average Bonchev–Trinajstić information content (AvgIpc) is 3.14. The van der Waals surface area contributed by atoms with Crippen molar-refractivity contribution in [3.63, 3.8) is 0 Å². The molecule has 1 atom stereocenters. The Morgan fingerprint density at radius 3 is 3.00 bits per heavy atom. The molecule has 1 fully saturated rings. The molecule has 1 aromatic carbocycles. The van der Waals surface area contributed by atoms with Gasteiger partial charge in [-0.25, -0.2) is 0 Å². The van der Waals surface area contributed by atoms with Crippen molar-refractivity contribution in [2.24, 2.45) is 5.92 Å². The van der Waals surface area contributed by atoms with Crippen molar-refractivity contribution in [1.82, 2.24) is 10.2 Å². The Morgan fingerprint density at radius 1 is 1.43 bits per heavy atom. The Bertz CT molecular complexity index is 713. The Hall–Kier alpha value is -1.36. The van der Waals surface area contributed by atoms with Crippen molar-refractivity contribution in [1.29, 1.82) is 0 Å². The van der Waals surface area contributed by atoms with Crippen LogP contribution in [0.15, 0.2) is 30.3 Å². The second-order valence-electron chi connectivity index (χ2n) is 6.10. The standard InChI is InChI=1S/C18H21ClN2OS/c1-12-8-16(18(22)21-7-6-13(11-21)10-20-2)23-17(12)14-4-3-5-15(19)9-14/h3-5,8-9,13,20H,6-7,10-11H2,1-2H3/t13-/m0/s1. The summed E-state index contributed by atoms with van der Waals surface area (Å²) < 4.78 is 0. The maximum atomic E-state index is 12.8. The molecule has 0 aliphatic carbocycles. The molecule has 1 aliphatic heterocycles. The minimum absolute atomic E-state index is 0.157. The zero-order valence-corrected chi connectivity index (χ0v) is 15.0. The molecule has 0 unspecified atom stereocenters. The highest BCUT2D eigenvalue weighted by molar-refractivity contribution is 7.17. The second kappa shape index (κ2) is 7.04. The lowest BCUT2D eigenvalue weighted by Crippen LogP contribution is -2.29. The molecule has 1 aromatic heterocycles. The molecular formula is C18H21ClN2OS. The molecule has 0 spiro atoms. The maximum absolute atomic E-state index is 12.8. The van der Waals surface area contributed by atoms with Gasteiger partial charge in [-0.15, -0.1) is 11.3 Å². The molecule has 5 heteroatoms. The number of hydrogen-bond acceptors (Lipinski definition) is 3. The molecule has 3 rings (SSSR count). The van der Waals surface area contributed by atoms with Crippen molar-refractivity contribution in [2.75, 3.05) is 26.7 Å². The van der Waals surface area contributed by atoms with E-state index in [-0.39, 0.29) is 5.91 Å². The number of amides is 1. The van der Waals surface area contributed by atoms with E-state index in [1.807, 2.05) is 42.3 Å². The summed E-state index contributed by atoms with van der Waals surface area (Å²) in [5.74, 6) is 0.724. The summed E-state index contributed by atoms with van der Waals surface area (Å²) in [7, 11) is 1.96. The van der Waals surface area contributed by atoms with E-state index < -0.39 is 0 Å². The number of carbonyl (C=O) groups excluding carboxylic acids is 1. The molecule has 2 aromatic rings. The predicted octanol–water partition coefficient (Wildman–Crippen LogP) is 4.06. The summed E-state index contributed by atoms with van der Waals surface area (Å²) in [6, 6.07) is 9.81. The molecule has 23 heavy (non-hydrogen) atoms. The van der Waals surface area contributed by atoms with Gasteiger partial charge < -0.3 is 10.2 Å². The fourth-order valence-corrected chi connectivity index (χ4v) is 4.46. The average molecular weight is 349 g/mol. The quantitative estimate of drug-likeness (QED) is 0.903. The maximum Gasteiger partial charge on any atom is 0.263 e. The third kappa shape index (κ3) is 3.60. The van der Waals surface area contributed by atoms with E-state index in [1.54, 1.807) is 11.3 Å². The van der Waals surface area contributed by atoms with Crippen LogP contribution in [-0.4, -0.2) is 37.5 Å². The topological polar surface area (TPSA) is 32.3 Å². The summed E-state index contributed by atoms with van der Waals surface area (Å²) in [6.07, 6.45) is 1.08. The lowest BCUT2D eigenvalue weighted by Gasteiger charge is -2.15. The highest BCUT2D eigenvalue weighted by Crippen LogP contribution is 2.34. The molecule has 3 nitrogen and oxygen atoms in total. The molecular weight excluding hydrogens is 328 g/mol. The van der Waals surface area contributed by atoms with Gasteiger partial charge >= 0.3 is 0 Å². The zero-order chi connectivity index (χ0) is 16.4. The number of nitrogens with one attached hydrogen (secondary N) is 1. The molecule has 2 heterocycles. The first-order valence-corrected chi connectivity index (χ1v) is 9.08. The minimum Gasteiger partial charge on any atom is -0.338 e. The van der Waals surface area contributed by atoms with Crippen molar-refractivity contribution < 1.29 is 4.79 Å². The number of thiophene rings is 1. The number of hydrogen-bond donors (Lipinski definition) is 1. The van der Waals surface area contributed by atoms with Crippen molar-refractivity contribution in [3.8, 4) is 10.4 Å². The van der Waals surface area contributed by atoms with Crippen molar-refractivity contribution in [2.45, 2.75) is 13.3 Å². The van der Waals surface area contributed by atoms with Gasteiger partial charge in [0, 0.05) is 23.0 Å². The van der Waals surface area contributed by atoms with Crippen LogP contribution in [0.3, 0.4) is 0 Å². The van der Waals surface area contributed by atoms with E-state index in [2.05, 4.69) is 12.2 Å². The van der Waals surface area contributed by atoms with Crippen molar-refractivity contribution in [3.05, 3.63) is 45.8 Å². The largest absolute Gasteiger partial charge is 0.338 e. The summed E-state index contributed by atoms with van der Waals surface area (Å²) in [5.41, 5.74) is 2.21. The molecule has 0 radical (unpaired) electrons. The molecule has 1 aliphatic rings. The van der Waals surface area contributed by atoms with Crippen LogP contribution < -0.4 is 5.32 Å². The zero-order valence-electron chi connectivity index (χ0n) is 13.4. The molecule has 1 amide bonds. The minimum atomic E-state index is 0.157. The SMILES string of the molecule is CNC[C@@H]1CCN(C(=O)c2cc(C)c(-c3cccc(Cl)c3)s2)C1. The van der Waals surface area contributed by atoms with Gasteiger partial charge in [0.25, 0.3) is 5.91 Å². The van der Waals surface area contributed by atoms with Gasteiger partial charge in [0.05, 0.1) is 4.88 Å².